The highest BCUT2D eigenvalue weighted by Crippen LogP contribution is 2.23. The van der Waals surface area contributed by atoms with Crippen LogP contribution < -0.4 is 5.32 Å². The Kier molecular flexibility index (Phi) is 3.32. The Hall–Kier alpha value is -2.30. The molecule has 1 aliphatic rings. The molecule has 0 saturated carbocycles. The second kappa shape index (κ2) is 4.91. The average Bonchev–Trinajstić information content (AvgIpc) is 2.57. The van der Waals surface area contributed by atoms with Gasteiger partial charge in [-0.25, -0.2) is 4.39 Å². The summed E-state index contributed by atoms with van der Waals surface area (Å²) < 4.78 is 13.3. The number of rotatable bonds is 3. The van der Waals surface area contributed by atoms with E-state index in [-0.39, 0.29) is 5.57 Å². The molecule has 0 saturated heterocycles. The van der Waals surface area contributed by atoms with Crippen molar-refractivity contribution in [3.63, 3.8) is 0 Å². The van der Waals surface area contributed by atoms with Gasteiger partial charge in [0.05, 0.1) is 12.8 Å². The minimum Gasteiger partial charge on any atom is -0.326 e. The molecule has 0 spiro atoms. The lowest BCUT2D eigenvalue weighted by molar-refractivity contribution is -0.122. The number of nitrogens with one attached hydrogen (secondary N) is 1. The van der Waals surface area contributed by atoms with Crippen molar-refractivity contribution in [1.29, 1.82) is 0 Å². The maximum Gasteiger partial charge on any atom is 0.229 e. The molecule has 0 aromatic heterocycles. The number of para-hydroxylation sites is 1. The summed E-state index contributed by atoms with van der Waals surface area (Å²) in [5.74, 6) is -3.05. The molecule has 0 atom stereocenters. The summed E-state index contributed by atoms with van der Waals surface area (Å²) in [6.45, 7) is 0. The van der Waals surface area contributed by atoms with Crippen LogP contribution in [0.3, 0.4) is 0 Å². The van der Waals surface area contributed by atoms with Crippen molar-refractivity contribution in [1.82, 2.24) is 0 Å². The third kappa shape index (κ3) is 2.51. The van der Waals surface area contributed by atoms with Crippen molar-refractivity contribution in [2.75, 3.05) is 5.32 Å². The van der Waals surface area contributed by atoms with Gasteiger partial charge in [0.1, 0.15) is 0 Å². The van der Waals surface area contributed by atoms with Gasteiger partial charge in [0.25, 0.3) is 0 Å². The van der Waals surface area contributed by atoms with Crippen molar-refractivity contribution >= 4 is 23.2 Å². The third-order valence-corrected chi connectivity index (χ3v) is 2.56. The van der Waals surface area contributed by atoms with E-state index in [1.54, 1.807) is 30.3 Å². The summed E-state index contributed by atoms with van der Waals surface area (Å²) in [4.78, 5) is 33.8. The van der Waals surface area contributed by atoms with Gasteiger partial charge in [-0.1, -0.05) is 18.2 Å². The summed E-state index contributed by atoms with van der Waals surface area (Å²) in [7, 11) is 0. The van der Waals surface area contributed by atoms with Crippen molar-refractivity contribution in [3.05, 3.63) is 41.7 Å². The molecule has 1 aliphatic carbocycles. The Morgan fingerprint density at radius 3 is 2.39 bits per heavy atom. The van der Waals surface area contributed by atoms with Crippen LogP contribution in [0.1, 0.15) is 12.8 Å². The second-order valence-corrected chi connectivity index (χ2v) is 3.91. The molecule has 0 unspecified atom stereocenters. The predicted molar refractivity (Wildman–Crippen MR) is 62.5 cm³/mol. The molecule has 1 N–H and O–H groups in total. The van der Waals surface area contributed by atoms with E-state index in [4.69, 9.17) is 0 Å². The van der Waals surface area contributed by atoms with Gasteiger partial charge in [-0.3, -0.25) is 14.4 Å². The van der Waals surface area contributed by atoms with Crippen LogP contribution in [0.4, 0.5) is 10.1 Å². The Morgan fingerprint density at radius 1 is 1.17 bits per heavy atom. The lowest BCUT2D eigenvalue weighted by atomic mass is 10.1. The summed E-state index contributed by atoms with van der Waals surface area (Å²) in [5, 5.41) is 2.52. The van der Waals surface area contributed by atoms with E-state index in [9.17, 15) is 18.8 Å². The van der Waals surface area contributed by atoms with Crippen LogP contribution in [0.15, 0.2) is 41.7 Å². The zero-order valence-corrected chi connectivity index (χ0v) is 9.40. The first kappa shape index (κ1) is 12.2. The summed E-state index contributed by atoms with van der Waals surface area (Å²) in [6, 6.07) is 8.60. The number of carbonyl (C=O) groups is 3. The minimum absolute atomic E-state index is 0.326. The topological polar surface area (TPSA) is 63.2 Å². The van der Waals surface area contributed by atoms with E-state index < -0.39 is 36.1 Å². The number of anilines is 1. The normalized spacial score (nSPS) is 15.2. The molecule has 0 aliphatic heterocycles. The maximum absolute atomic E-state index is 13.3. The van der Waals surface area contributed by atoms with Gasteiger partial charge in [-0.05, 0) is 12.1 Å². The fourth-order valence-corrected chi connectivity index (χ4v) is 1.68. The standard InChI is InChI=1S/C13H10FNO3/c14-13-9(10(16)7-11(13)17)6-12(18)15-8-4-2-1-3-5-8/h1-5H,6-7H2,(H,15,18). The molecular formula is C13H10FNO3. The van der Waals surface area contributed by atoms with Crippen molar-refractivity contribution < 1.29 is 18.8 Å². The van der Waals surface area contributed by atoms with Crippen LogP contribution in [0.2, 0.25) is 0 Å². The summed E-state index contributed by atoms with van der Waals surface area (Å²) in [6.07, 6.45) is -0.884. The van der Waals surface area contributed by atoms with E-state index in [2.05, 4.69) is 5.32 Å². The van der Waals surface area contributed by atoms with Gasteiger partial charge in [0.15, 0.2) is 17.4 Å². The average molecular weight is 247 g/mol. The monoisotopic (exact) mass is 247 g/mol. The largest absolute Gasteiger partial charge is 0.326 e. The van der Waals surface area contributed by atoms with Gasteiger partial charge in [0, 0.05) is 11.3 Å². The molecular weight excluding hydrogens is 237 g/mol. The van der Waals surface area contributed by atoms with Gasteiger partial charge < -0.3 is 5.32 Å². The van der Waals surface area contributed by atoms with Crippen LogP contribution in [0.5, 0.6) is 0 Å². The molecule has 92 valence electrons. The number of allylic oxidation sites excluding steroid dienone is 1. The Balaban J connectivity index is 2.05. The van der Waals surface area contributed by atoms with Crippen LogP contribution >= 0.6 is 0 Å². The van der Waals surface area contributed by atoms with Crippen LogP contribution in [-0.4, -0.2) is 17.5 Å². The van der Waals surface area contributed by atoms with Crippen molar-refractivity contribution in [2.45, 2.75) is 12.8 Å². The SMILES string of the molecule is O=C(CC1=C(F)C(=O)CC1=O)Nc1ccccc1. The number of halogens is 1. The van der Waals surface area contributed by atoms with E-state index in [0.717, 1.165) is 0 Å². The number of benzene rings is 1. The highest BCUT2D eigenvalue weighted by Gasteiger charge is 2.32. The Labute approximate surface area is 102 Å². The first-order chi connectivity index (χ1) is 8.58. The molecule has 18 heavy (non-hydrogen) atoms. The molecule has 0 heterocycles. The maximum atomic E-state index is 13.3. The zero-order chi connectivity index (χ0) is 13.1. The predicted octanol–water partition coefficient (Wildman–Crippen LogP) is 1.78. The lowest BCUT2D eigenvalue weighted by Gasteiger charge is -2.04. The molecule has 4 nitrogen and oxygen atoms in total. The Morgan fingerprint density at radius 2 is 1.83 bits per heavy atom. The fraction of sp³-hybridized carbons (Fsp3) is 0.154. The number of ketones is 2. The third-order valence-electron chi connectivity index (χ3n) is 2.56. The van der Waals surface area contributed by atoms with E-state index >= 15 is 0 Å². The second-order valence-electron chi connectivity index (χ2n) is 3.91. The molecule has 1 aromatic rings. The molecule has 2 rings (SSSR count). The quantitative estimate of drug-likeness (QED) is 0.828. The highest BCUT2D eigenvalue weighted by atomic mass is 19.1. The van der Waals surface area contributed by atoms with E-state index in [0.29, 0.717) is 5.69 Å². The molecule has 1 amide bonds. The highest BCUT2D eigenvalue weighted by molar-refractivity contribution is 6.22. The zero-order valence-electron chi connectivity index (χ0n) is 9.40. The van der Waals surface area contributed by atoms with Gasteiger partial charge in [-0.2, -0.15) is 0 Å². The number of hydrogen-bond acceptors (Lipinski definition) is 3. The van der Waals surface area contributed by atoms with Gasteiger partial charge in [-0.15, -0.1) is 0 Å². The number of amides is 1. The van der Waals surface area contributed by atoms with Crippen molar-refractivity contribution in [2.24, 2.45) is 0 Å². The fourth-order valence-electron chi connectivity index (χ4n) is 1.68. The molecule has 1 aromatic carbocycles. The molecule has 0 bridgehead atoms. The Bertz CT molecular complexity index is 549. The summed E-state index contributed by atoms with van der Waals surface area (Å²) in [5.41, 5.74) is 0.230. The first-order valence-corrected chi connectivity index (χ1v) is 5.38. The lowest BCUT2D eigenvalue weighted by Crippen LogP contribution is -2.14. The minimum atomic E-state index is -1.08. The van der Waals surface area contributed by atoms with E-state index in [1.807, 2.05) is 0 Å². The first-order valence-electron chi connectivity index (χ1n) is 5.38. The van der Waals surface area contributed by atoms with E-state index in [1.165, 1.54) is 0 Å². The molecule has 0 radical (unpaired) electrons. The molecule has 5 heteroatoms. The number of carbonyl (C=O) groups excluding carboxylic acids is 3. The number of Topliss-reactive ketones (excluding diaryl/α,β-unsaturated/α-hetero) is 2. The van der Waals surface area contributed by atoms with Crippen LogP contribution in [0, 0.1) is 0 Å². The molecule has 0 fully saturated rings. The van der Waals surface area contributed by atoms with Crippen LogP contribution in [0.25, 0.3) is 0 Å². The van der Waals surface area contributed by atoms with Gasteiger partial charge >= 0.3 is 0 Å². The smallest absolute Gasteiger partial charge is 0.229 e. The van der Waals surface area contributed by atoms with Crippen molar-refractivity contribution in [3.8, 4) is 0 Å². The number of hydrogen-bond donors (Lipinski definition) is 1. The van der Waals surface area contributed by atoms with Gasteiger partial charge in [0.2, 0.25) is 5.91 Å². The van der Waals surface area contributed by atoms with Crippen LogP contribution in [-0.2, 0) is 14.4 Å². The summed E-state index contributed by atoms with van der Waals surface area (Å²) >= 11 is 0.